The number of hydrogen-bond donors (Lipinski definition) is 2. The van der Waals surface area contributed by atoms with Crippen LogP contribution in [-0.4, -0.2) is 26.8 Å². The third-order valence-corrected chi connectivity index (χ3v) is 6.27. The third-order valence-electron chi connectivity index (χ3n) is 3.74. The SMILES string of the molecule is Cc1cc(C(C)NS(=O)(=O)CC2CCCCN2)c(C)s1. The molecule has 2 atom stereocenters. The number of piperidine rings is 1. The summed E-state index contributed by atoms with van der Waals surface area (Å²) in [5.41, 5.74) is 1.09. The van der Waals surface area contributed by atoms with Crippen LogP contribution >= 0.6 is 11.3 Å². The van der Waals surface area contributed by atoms with Gasteiger partial charge in [-0.25, -0.2) is 13.1 Å². The highest BCUT2D eigenvalue weighted by Gasteiger charge is 2.23. The van der Waals surface area contributed by atoms with Crippen LogP contribution in [0.5, 0.6) is 0 Å². The van der Waals surface area contributed by atoms with Crippen molar-refractivity contribution < 1.29 is 8.42 Å². The molecule has 2 N–H and O–H groups in total. The van der Waals surface area contributed by atoms with E-state index in [4.69, 9.17) is 0 Å². The monoisotopic (exact) mass is 316 g/mol. The van der Waals surface area contributed by atoms with E-state index in [1.165, 1.54) is 9.75 Å². The Kier molecular flexibility index (Phi) is 5.23. The molecule has 1 aliphatic heterocycles. The molecule has 1 aromatic heterocycles. The molecule has 2 rings (SSSR count). The standard InChI is InChI=1S/C14H24N2O2S2/c1-10-8-14(12(3)19-10)11(2)16-20(17,18)9-13-6-4-5-7-15-13/h8,11,13,15-16H,4-7,9H2,1-3H3. The molecule has 114 valence electrons. The van der Waals surface area contributed by atoms with E-state index in [1.807, 2.05) is 20.8 Å². The lowest BCUT2D eigenvalue weighted by Crippen LogP contribution is -2.43. The first-order chi connectivity index (χ1) is 9.37. The van der Waals surface area contributed by atoms with Gasteiger partial charge in [0.15, 0.2) is 0 Å². The molecule has 1 aliphatic rings. The maximum absolute atomic E-state index is 12.3. The fraction of sp³-hybridized carbons (Fsp3) is 0.714. The zero-order valence-corrected chi connectivity index (χ0v) is 14.0. The molecular formula is C14H24N2O2S2. The van der Waals surface area contributed by atoms with Crippen LogP contribution in [0.4, 0.5) is 0 Å². The van der Waals surface area contributed by atoms with Crippen molar-refractivity contribution in [3.8, 4) is 0 Å². The minimum absolute atomic E-state index is 0.0961. The molecule has 0 amide bonds. The average molecular weight is 316 g/mol. The minimum atomic E-state index is -3.24. The lowest BCUT2D eigenvalue weighted by molar-refractivity contribution is 0.421. The molecule has 20 heavy (non-hydrogen) atoms. The molecule has 4 nitrogen and oxygen atoms in total. The molecule has 0 radical (unpaired) electrons. The molecule has 0 aliphatic carbocycles. The summed E-state index contributed by atoms with van der Waals surface area (Å²) >= 11 is 1.71. The Bertz CT molecular complexity index is 546. The second kappa shape index (κ2) is 6.56. The second-order valence-corrected chi connectivity index (χ2v) is 8.90. The van der Waals surface area contributed by atoms with Gasteiger partial charge in [-0.05, 0) is 51.8 Å². The van der Waals surface area contributed by atoms with Gasteiger partial charge in [-0.2, -0.15) is 0 Å². The van der Waals surface area contributed by atoms with Crippen molar-refractivity contribution in [2.24, 2.45) is 0 Å². The summed E-state index contributed by atoms with van der Waals surface area (Å²) in [7, 11) is -3.24. The fourth-order valence-electron chi connectivity index (χ4n) is 2.79. The van der Waals surface area contributed by atoms with Crippen LogP contribution in [-0.2, 0) is 10.0 Å². The molecule has 0 spiro atoms. The van der Waals surface area contributed by atoms with Crippen LogP contribution in [0, 0.1) is 13.8 Å². The summed E-state index contributed by atoms with van der Waals surface area (Å²) in [5.74, 6) is 0.180. The summed E-state index contributed by atoms with van der Waals surface area (Å²) in [6, 6.07) is 2.01. The van der Waals surface area contributed by atoms with E-state index >= 15 is 0 Å². The van der Waals surface area contributed by atoms with Gasteiger partial charge in [0.2, 0.25) is 10.0 Å². The number of thiophene rings is 1. The third kappa shape index (κ3) is 4.28. The molecule has 2 unspecified atom stereocenters. The Hall–Kier alpha value is -0.430. The summed E-state index contributed by atoms with van der Waals surface area (Å²) in [4.78, 5) is 2.41. The fourth-order valence-corrected chi connectivity index (χ4v) is 5.39. The van der Waals surface area contributed by atoms with Crippen molar-refractivity contribution in [3.63, 3.8) is 0 Å². The van der Waals surface area contributed by atoms with Gasteiger partial charge in [-0.15, -0.1) is 11.3 Å². The smallest absolute Gasteiger partial charge is 0.213 e. The Morgan fingerprint density at radius 2 is 2.20 bits per heavy atom. The average Bonchev–Trinajstić information content (AvgIpc) is 2.68. The maximum atomic E-state index is 12.3. The molecule has 0 saturated carbocycles. The Balaban J connectivity index is 1.98. The van der Waals surface area contributed by atoms with Crippen molar-refractivity contribution in [3.05, 3.63) is 21.4 Å². The number of sulfonamides is 1. The molecule has 1 fully saturated rings. The van der Waals surface area contributed by atoms with Gasteiger partial charge in [0.1, 0.15) is 0 Å². The first-order valence-electron chi connectivity index (χ1n) is 7.18. The lowest BCUT2D eigenvalue weighted by atomic mass is 10.1. The Labute approximate surface area is 126 Å². The highest BCUT2D eigenvalue weighted by molar-refractivity contribution is 7.89. The van der Waals surface area contributed by atoms with Gasteiger partial charge in [-0.1, -0.05) is 6.42 Å². The quantitative estimate of drug-likeness (QED) is 0.877. The van der Waals surface area contributed by atoms with Crippen molar-refractivity contribution in [1.29, 1.82) is 0 Å². The van der Waals surface area contributed by atoms with Crippen molar-refractivity contribution in [1.82, 2.24) is 10.0 Å². The predicted octanol–water partition coefficient (Wildman–Crippen LogP) is 2.49. The van der Waals surface area contributed by atoms with Gasteiger partial charge in [-0.3, -0.25) is 0 Å². The van der Waals surface area contributed by atoms with Crippen LogP contribution < -0.4 is 10.0 Å². The van der Waals surface area contributed by atoms with E-state index < -0.39 is 10.0 Å². The zero-order chi connectivity index (χ0) is 14.8. The van der Waals surface area contributed by atoms with E-state index in [1.54, 1.807) is 11.3 Å². The van der Waals surface area contributed by atoms with E-state index in [0.29, 0.717) is 0 Å². The van der Waals surface area contributed by atoms with E-state index in [0.717, 1.165) is 31.4 Å². The van der Waals surface area contributed by atoms with Crippen LogP contribution in [0.25, 0.3) is 0 Å². The molecule has 6 heteroatoms. The van der Waals surface area contributed by atoms with Crippen LogP contribution in [0.1, 0.15) is 47.5 Å². The highest BCUT2D eigenvalue weighted by Crippen LogP contribution is 2.26. The van der Waals surface area contributed by atoms with Crippen molar-refractivity contribution >= 4 is 21.4 Å². The van der Waals surface area contributed by atoms with Gasteiger partial charge in [0.25, 0.3) is 0 Å². The van der Waals surface area contributed by atoms with Gasteiger partial charge >= 0.3 is 0 Å². The second-order valence-electron chi connectivity index (χ2n) is 5.64. The molecule has 1 saturated heterocycles. The topological polar surface area (TPSA) is 58.2 Å². The van der Waals surface area contributed by atoms with Gasteiger partial charge < -0.3 is 5.32 Å². The Morgan fingerprint density at radius 1 is 1.45 bits per heavy atom. The summed E-state index contributed by atoms with van der Waals surface area (Å²) in [6.07, 6.45) is 3.21. The molecule has 2 heterocycles. The molecular weight excluding hydrogens is 292 g/mol. The minimum Gasteiger partial charge on any atom is -0.313 e. The summed E-state index contributed by atoms with van der Waals surface area (Å²) in [6.45, 7) is 6.94. The maximum Gasteiger partial charge on any atom is 0.213 e. The zero-order valence-electron chi connectivity index (χ0n) is 12.4. The number of aryl methyl sites for hydroxylation is 2. The Morgan fingerprint density at radius 3 is 2.75 bits per heavy atom. The first-order valence-corrected chi connectivity index (χ1v) is 9.64. The molecule has 0 bridgehead atoms. The first kappa shape index (κ1) is 15.9. The summed E-state index contributed by atoms with van der Waals surface area (Å²) in [5, 5.41) is 3.29. The van der Waals surface area contributed by atoms with E-state index in [-0.39, 0.29) is 17.8 Å². The van der Waals surface area contributed by atoms with Crippen molar-refractivity contribution in [2.45, 2.75) is 52.1 Å². The van der Waals surface area contributed by atoms with Crippen molar-refractivity contribution in [2.75, 3.05) is 12.3 Å². The highest BCUT2D eigenvalue weighted by atomic mass is 32.2. The van der Waals surface area contributed by atoms with Gasteiger partial charge in [0.05, 0.1) is 5.75 Å². The summed E-state index contributed by atoms with van der Waals surface area (Å²) < 4.78 is 27.3. The van der Waals surface area contributed by atoms with E-state index in [2.05, 4.69) is 16.1 Å². The number of nitrogens with one attached hydrogen (secondary N) is 2. The largest absolute Gasteiger partial charge is 0.313 e. The molecule has 0 aromatic carbocycles. The van der Waals surface area contributed by atoms with Crippen LogP contribution in [0.3, 0.4) is 0 Å². The number of hydrogen-bond acceptors (Lipinski definition) is 4. The molecule has 1 aromatic rings. The van der Waals surface area contributed by atoms with Crippen LogP contribution in [0.2, 0.25) is 0 Å². The van der Waals surface area contributed by atoms with E-state index in [9.17, 15) is 8.42 Å². The lowest BCUT2D eigenvalue weighted by Gasteiger charge is -2.24. The van der Waals surface area contributed by atoms with Crippen LogP contribution in [0.15, 0.2) is 6.07 Å². The predicted molar refractivity (Wildman–Crippen MR) is 84.8 cm³/mol. The number of rotatable bonds is 5. The normalized spacial score (nSPS) is 21.9. The van der Waals surface area contributed by atoms with Gasteiger partial charge in [0, 0.05) is 21.8 Å².